The van der Waals surface area contributed by atoms with E-state index in [1.54, 1.807) is 0 Å². The van der Waals surface area contributed by atoms with Gasteiger partial charge in [-0.25, -0.2) is 4.79 Å². The molecule has 0 fully saturated rings. The SMILES string of the molecule is O=C(NC1=NCCS1)Nc1cc(Cl)c(Cl)cc1Cl. The van der Waals surface area contributed by atoms with Crippen LogP contribution in [-0.2, 0) is 0 Å². The van der Waals surface area contributed by atoms with Gasteiger partial charge in [0.2, 0.25) is 0 Å². The minimum atomic E-state index is -0.413. The zero-order chi connectivity index (χ0) is 13.1. The second-order valence-electron chi connectivity index (χ2n) is 3.36. The number of amides is 2. The molecule has 18 heavy (non-hydrogen) atoms. The van der Waals surface area contributed by atoms with Gasteiger partial charge in [0.05, 0.1) is 27.3 Å². The Morgan fingerprint density at radius 3 is 2.56 bits per heavy atom. The summed E-state index contributed by atoms with van der Waals surface area (Å²) in [5.41, 5.74) is 0.396. The number of carbonyl (C=O) groups excluding carboxylic acids is 1. The molecule has 2 N–H and O–H groups in total. The highest BCUT2D eigenvalue weighted by atomic mass is 35.5. The largest absolute Gasteiger partial charge is 0.325 e. The Kier molecular flexibility index (Phi) is 4.61. The summed E-state index contributed by atoms with van der Waals surface area (Å²) in [4.78, 5) is 15.8. The lowest BCUT2D eigenvalue weighted by Crippen LogP contribution is -2.32. The highest BCUT2D eigenvalue weighted by molar-refractivity contribution is 8.14. The van der Waals surface area contributed by atoms with E-state index in [-0.39, 0.29) is 0 Å². The average molecular weight is 325 g/mol. The first-order valence-corrected chi connectivity index (χ1v) is 7.08. The molecule has 0 aromatic heterocycles. The van der Waals surface area contributed by atoms with Crippen LogP contribution in [-0.4, -0.2) is 23.5 Å². The van der Waals surface area contributed by atoms with E-state index in [9.17, 15) is 4.79 Å². The molecule has 1 aliphatic rings. The van der Waals surface area contributed by atoms with Crippen molar-refractivity contribution in [2.45, 2.75) is 0 Å². The number of nitrogens with zero attached hydrogens (tertiary/aromatic N) is 1. The zero-order valence-corrected chi connectivity index (χ0v) is 12.1. The summed E-state index contributed by atoms with van der Waals surface area (Å²) in [6.07, 6.45) is 0. The Bertz CT molecular complexity index is 521. The third kappa shape index (κ3) is 3.45. The van der Waals surface area contributed by atoms with Crippen LogP contribution in [0.25, 0.3) is 0 Å². The van der Waals surface area contributed by atoms with E-state index in [2.05, 4.69) is 15.6 Å². The van der Waals surface area contributed by atoms with Crippen LogP contribution in [0.1, 0.15) is 0 Å². The summed E-state index contributed by atoms with van der Waals surface area (Å²) in [5.74, 6) is 0.878. The Morgan fingerprint density at radius 2 is 1.89 bits per heavy atom. The van der Waals surface area contributed by atoms with Crippen LogP contribution >= 0.6 is 46.6 Å². The second-order valence-corrected chi connectivity index (χ2v) is 5.67. The minimum Gasteiger partial charge on any atom is -0.306 e. The molecule has 0 saturated heterocycles. The molecule has 0 radical (unpaired) electrons. The van der Waals surface area contributed by atoms with Crippen molar-refractivity contribution in [3.8, 4) is 0 Å². The number of aliphatic imine (C=N–C) groups is 1. The molecule has 4 nitrogen and oxygen atoms in total. The highest BCUT2D eigenvalue weighted by Crippen LogP contribution is 2.32. The molecular formula is C10H8Cl3N3OS. The zero-order valence-electron chi connectivity index (χ0n) is 8.97. The summed E-state index contributed by atoms with van der Waals surface area (Å²) in [6, 6.07) is 2.56. The van der Waals surface area contributed by atoms with Crippen LogP contribution in [0.2, 0.25) is 15.1 Å². The van der Waals surface area contributed by atoms with Gasteiger partial charge >= 0.3 is 6.03 Å². The number of anilines is 1. The van der Waals surface area contributed by atoms with Crippen LogP contribution in [0.15, 0.2) is 17.1 Å². The number of benzene rings is 1. The van der Waals surface area contributed by atoms with E-state index in [4.69, 9.17) is 34.8 Å². The van der Waals surface area contributed by atoms with E-state index in [0.29, 0.717) is 32.5 Å². The number of rotatable bonds is 1. The van der Waals surface area contributed by atoms with Gasteiger partial charge in [-0.1, -0.05) is 46.6 Å². The first-order chi connectivity index (χ1) is 8.56. The Morgan fingerprint density at radius 1 is 1.17 bits per heavy atom. The van der Waals surface area contributed by atoms with Crippen molar-refractivity contribution in [2.24, 2.45) is 4.99 Å². The normalized spacial score (nSPS) is 14.3. The fourth-order valence-electron chi connectivity index (χ4n) is 1.28. The number of carbonyl (C=O) groups is 1. The van der Waals surface area contributed by atoms with E-state index >= 15 is 0 Å². The van der Waals surface area contributed by atoms with Gasteiger partial charge < -0.3 is 5.32 Å². The van der Waals surface area contributed by atoms with Crippen LogP contribution in [0.4, 0.5) is 10.5 Å². The summed E-state index contributed by atoms with van der Waals surface area (Å²) in [5, 5.41) is 6.78. The van der Waals surface area contributed by atoms with Gasteiger partial charge in [0, 0.05) is 5.75 Å². The van der Waals surface area contributed by atoms with Crippen LogP contribution < -0.4 is 10.6 Å². The first-order valence-electron chi connectivity index (χ1n) is 4.96. The molecule has 0 aliphatic carbocycles. The molecule has 8 heteroatoms. The Balaban J connectivity index is 2.04. The molecule has 0 unspecified atom stereocenters. The standard InChI is InChI=1S/C10H8Cl3N3OS/c11-5-3-7(13)8(4-6(5)12)15-9(17)16-10-14-1-2-18-10/h3-4H,1-2H2,(H2,14,15,16,17). The average Bonchev–Trinajstić information content (AvgIpc) is 2.78. The molecule has 0 bridgehead atoms. The predicted octanol–water partition coefficient (Wildman–Crippen LogP) is 3.87. The lowest BCUT2D eigenvalue weighted by atomic mass is 10.3. The molecule has 96 valence electrons. The van der Waals surface area contributed by atoms with Gasteiger partial charge in [-0.3, -0.25) is 10.3 Å². The van der Waals surface area contributed by atoms with Crippen molar-refractivity contribution >= 4 is 63.5 Å². The van der Waals surface area contributed by atoms with Gasteiger partial charge in [0.25, 0.3) is 0 Å². The Hall–Kier alpha value is -0.620. The van der Waals surface area contributed by atoms with E-state index in [1.807, 2.05) is 0 Å². The van der Waals surface area contributed by atoms with Gasteiger partial charge in [0.15, 0.2) is 5.17 Å². The topological polar surface area (TPSA) is 53.5 Å². The van der Waals surface area contributed by atoms with Gasteiger partial charge in [-0.05, 0) is 12.1 Å². The maximum atomic E-state index is 11.7. The number of thioether (sulfide) groups is 1. The quantitative estimate of drug-likeness (QED) is 0.770. The maximum absolute atomic E-state index is 11.7. The van der Waals surface area contributed by atoms with Crippen LogP contribution in [0.5, 0.6) is 0 Å². The first kappa shape index (κ1) is 13.8. The second kappa shape index (κ2) is 6.02. The highest BCUT2D eigenvalue weighted by Gasteiger charge is 2.13. The van der Waals surface area contributed by atoms with Crippen molar-refractivity contribution in [1.82, 2.24) is 5.32 Å². The number of nitrogens with one attached hydrogen (secondary N) is 2. The van der Waals surface area contributed by atoms with Crippen LogP contribution in [0, 0.1) is 0 Å². The number of halogens is 3. The van der Waals surface area contributed by atoms with Crippen molar-refractivity contribution < 1.29 is 4.79 Å². The van der Waals surface area contributed by atoms with Crippen LogP contribution in [0.3, 0.4) is 0 Å². The number of hydrogen-bond donors (Lipinski definition) is 2. The third-order valence-corrected chi connectivity index (χ3v) is 3.99. The molecule has 0 spiro atoms. The lowest BCUT2D eigenvalue weighted by Gasteiger charge is -2.09. The van der Waals surface area contributed by atoms with Crippen molar-refractivity contribution in [3.63, 3.8) is 0 Å². The molecule has 2 rings (SSSR count). The molecule has 1 aromatic rings. The monoisotopic (exact) mass is 323 g/mol. The smallest absolute Gasteiger partial charge is 0.306 e. The van der Waals surface area contributed by atoms with E-state index < -0.39 is 6.03 Å². The van der Waals surface area contributed by atoms with Gasteiger partial charge in [-0.15, -0.1) is 0 Å². The molecule has 0 atom stereocenters. The molecular weight excluding hydrogens is 317 g/mol. The number of hydrogen-bond acceptors (Lipinski definition) is 3. The molecule has 1 aromatic carbocycles. The number of amidine groups is 1. The third-order valence-electron chi connectivity index (χ3n) is 2.06. The molecule has 1 aliphatic heterocycles. The minimum absolute atomic E-state index is 0.320. The summed E-state index contributed by atoms with van der Waals surface area (Å²) >= 11 is 19.1. The molecule has 2 amide bonds. The fraction of sp³-hybridized carbons (Fsp3) is 0.200. The summed E-state index contributed by atoms with van der Waals surface area (Å²) in [6.45, 7) is 0.716. The van der Waals surface area contributed by atoms with Gasteiger partial charge in [-0.2, -0.15) is 0 Å². The molecule has 1 heterocycles. The van der Waals surface area contributed by atoms with E-state index in [0.717, 1.165) is 5.75 Å². The van der Waals surface area contributed by atoms with Crippen molar-refractivity contribution in [2.75, 3.05) is 17.6 Å². The van der Waals surface area contributed by atoms with E-state index in [1.165, 1.54) is 23.9 Å². The lowest BCUT2D eigenvalue weighted by molar-refractivity contribution is 0.256. The van der Waals surface area contributed by atoms with Crippen molar-refractivity contribution in [1.29, 1.82) is 0 Å². The maximum Gasteiger partial charge on any atom is 0.325 e. The summed E-state index contributed by atoms with van der Waals surface area (Å²) < 4.78 is 0. The van der Waals surface area contributed by atoms with Gasteiger partial charge in [0.1, 0.15) is 0 Å². The Labute approximate surface area is 123 Å². The van der Waals surface area contributed by atoms with Crippen molar-refractivity contribution in [3.05, 3.63) is 27.2 Å². The summed E-state index contributed by atoms with van der Waals surface area (Å²) in [7, 11) is 0. The molecule has 0 saturated carbocycles. The predicted molar refractivity (Wildman–Crippen MR) is 78.4 cm³/mol. The fourth-order valence-corrected chi connectivity index (χ4v) is 2.60. The number of urea groups is 1.